The lowest BCUT2D eigenvalue weighted by Gasteiger charge is -2.26. The van der Waals surface area contributed by atoms with Gasteiger partial charge >= 0.3 is 0 Å². The fraction of sp³-hybridized carbons (Fsp3) is 0.316. The van der Waals surface area contributed by atoms with Crippen molar-refractivity contribution in [1.29, 1.82) is 0 Å². The highest BCUT2D eigenvalue weighted by atomic mass is 16.6. The highest BCUT2D eigenvalue weighted by molar-refractivity contribution is 6.09. The van der Waals surface area contributed by atoms with Gasteiger partial charge in [-0.1, -0.05) is 30.3 Å². The van der Waals surface area contributed by atoms with Crippen LogP contribution in [0, 0.1) is 10.1 Å². The number of aliphatic hydroxyl groups excluding tert-OH is 1. The van der Waals surface area contributed by atoms with Crippen molar-refractivity contribution in [1.82, 2.24) is 0 Å². The number of carbonyl (C=O) groups excluding carboxylic acids is 1. The van der Waals surface area contributed by atoms with E-state index in [1.54, 1.807) is 36.4 Å². The summed E-state index contributed by atoms with van der Waals surface area (Å²) in [5, 5.41) is 24.2. The van der Waals surface area contributed by atoms with Gasteiger partial charge in [-0.2, -0.15) is 0 Å². The Morgan fingerprint density at radius 3 is 2.36 bits per heavy atom. The molecule has 130 valence electrons. The number of nitro benzene ring substituents is 1. The van der Waals surface area contributed by atoms with Gasteiger partial charge in [0.2, 0.25) is 0 Å². The summed E-state index contributed by atoms with van der Waals surface area (Å²) < 4.78 is 0. The maximum absolute atomic E-state index is 12.5. The van der Waals surface area contributed by atoms with Gasteiger partial charge in [0.05, 0.1) is 11.0 Å². The topological polar surface area (TPSA) is 92.5 Å². The van der Waals surface area contributed by atoms with Gasteiger partial charge in [0.25, 0.3) is 5.69 Å². The predicted octanol–water partition coefficient (Wildman–Crippen LogP) is 3.54. The Kier molecular flexibility index (Phi) is 5.09. The number of ketones is 1. The largest absolute Gasteiger partial charge is 0.393 e. The molecule has 0 spiro atoms. The maximum Gasteiger partial charge on any atom is 0.293 e. The molecule has 2 N–H and O–H groups in total. The third-order valence-corrected chi connectivity index (χ3v) is 4.55. The third kappa shape index (κ3) is 4.03. The van der Waals surface area contributed by atoms with E-state index in [-0.39, 0.29) is 23.6 Å². The van der Waals surface area contributed by atoms with Crippen molar-refractivity contribution in [2.24, 2.45) is 0 Å². The number of benzene rings is 2. The zero-order valence-electron chi connectivity index (χ0n) is 13.7. The van der Waals surface area contributed by atoms with Crippen LogP contribution in [0.5, 0.6) is 0 Å². The molecular weight excluding hydrogens is 320 g/mol. The van der Waals surface area contributed by atoms with E-state index in [1.165, 1.54) is 6.07 Å². The summed E-state index contributed by atoms with van der Waals surface area (Å²) in [5.74, 6) is -0.240. The number of carbonyl (C=O) groups is 1. The first-order valence-corrected chi connectivity index (χ1v) is 8.37. The van der Waals surface area contributed by atoms with Crippen molar-refractivity contribution in [3.8, 4) is 0 Å². The SMILES string of the molecule is O=C(c1ccccc1)c1ccc(NC2CCC(O)CC2)c([N+](=O)[O-])c1. The normalized spacial score (nSPS) is 20.0. The van der Waals surface area contributed by atoms with Crippen molar-refractivity contribution < 1.29 is 14.8 Å². The quantitative estimate of drug-likeness (QED) is 0.493. The minimum absolute atomic E-state index is 0.0952. The Labute approximate surface area is 145 Å². The molecule has 6 nitrogen and oxygen atoms in total. The highest BCUT2D eigenvalue weighted by Crippen LogP contribution is 2.30. The van der Waals surface area contributed by atoms with Crippen LogP contribution >= 0.6 is 0 Å². The minimum atomic E-state index is -0.470. The Hall–Kier alpha value is -2.73. The number of hydrogen-bond acceptors (Lipinski definition) is 5. The molecule has 1 aliphatic carbocycles. The Bertz CT molecular complexity index is 768. The molecule has 1 fully saturated rings. The lowest BCUT2D eigenvalue weighted by molar-refractivity contribution is -0.384. The van der Waals surface area contributed by atoms with Crippen LogP contribution in [0.2, 0.25) is 0 Å². The molecule has 6 heteroatoms. The molecular formula is C19H20N2O4. The lowest BCUT2D eigenvalue weighted by Crippen LogP contribution is -2.28. The van der Waals surface area contributed by atoms with E-state index in [0.29, 0.717) is 29.7 Å². The lowest BCUT2D eigenvalue weighted by atomic mass is 9.93. The standard InChI is InChI=1S/C19H20N2O4/c22-16-9-7-15(8-10-16)20-17-11-6-14(12-18(17)21(24)25)19(23)13-4-2-1-3-5-13/h1-6,11-12,15-16,20,22H,7-10H2. The smallest absolute Gasteiger partial charge is 0.293 e. The van der Waals surface area contributed by atoms with E-state index >= 15 is 0 Å². The van der Waals surface area contributed by atoms with E-state index < -0.39 is 4.92 Å². The molecule has 2 aromatic carbocycles. The van der Waals surface area contributed by atoms with Gasteiger partial charge in [0, 0.05) is 23.2 Å². The zero-order chi connectivity index (χ0) is 17.8. The summed E-state index contributed by atoms with van der Waals surface area (Å²) in [4.78, 5) is 23.5. The van der Waals surface area contributed by atoms with Crippen LogP contribution in [0.3, 0.4) is 0 Å². The maximum atomic E-state index is 12.5. The van der Waals surface area contributed by atoms with E-state index in [9.17, 15) is 20.0 Å². The van der Waals surface area contributed by atoms with Crippen molar-refractivity contribution in [2.45, 2.75) is 37.8 Å². The second kappa shape index (κ2) is 7.44. The van der Waals surface area contributed by atoms with Crippen LogP contribution in [-0.2, 0) is 0 Å². The molecule has 1 saturated carbocycles. The van der Waals surface area contributed by atoms with Gasteiger partial charge in [-0.15, -0.1) is 0 Å². The van der Waals surface area contributed by atoms with Crippen molar-refractivity contribution in [2.75, 3.05) is 5.32 Å². The van der Waals surface area contributed by atoms with Gasteiger partial charge < -0.3 is 10.4 Å². The highest BCUT2D eigenvalue weighted by Gasteiger charge is 2.23. The zero-order valence-corrected chi connectivity index (χ0v) is 13.7. The molecule has 0 heterocycles. The number of rotatable bonds is 5. The summed E-state index contributed by atoms with van der Waals surface area (Å²) in [6.07, 6.45) is 2.64. The van der Waals surface area contributed by atoms with Crippen LogP contribution in [-0.4, -0.2) is 28.0 Å². The molecule has 3 rings (SSSR count). The van der Waals surface area contributed by atoms with Gasteiger partial charge in [-0.25, -0.2) is 0 Å². The number of nitro groups is 1. The summed E-state index contributed by atoms with van der Waals surface area (Å²) in [6.45, 7) is 0. The van der Waals surface area contributed by atoms with Gasteiger partial charge in [-0.05, 0) is 37.8 Å². The van der Waals surface area contributed by atoms with Crippen molar-refractivity contribution in [3.05, 3.63) is 69.8 Å². The molecule has 0 unspecified atom stereocenters. The van der Waals surface area contributed by atoms with Crippen molar-refractivity contribution in [3.63, 3.8) is 0 Å². The molecule has 1 aliphatic rings. The second-order valence-electron chi connectivity index (χ2n) is 6.33. The molecule has 0 amide bonds. The van der Waals surface area contributed by atoms with Crippen LogP contribution < -0.4 is 5.32 Å². The van der Waals surface area contributed by atoms with E-state index in [0.717, 1.165) is 12.8 Å². The van der Waals surface area contributed by atoms with Crippen LogP contribution in [0.1, 0.15) is 41.6 Å². The van der Waals surface area contributed by atoms with Crippen LogP contribution in [0.4, 0.5) is 11.4 Å². The van der Waals surface area contributed by atoms with E-state index in [1.807, 2.05) is 6.07 Å². The fourth-order valence-electron chi connectivity index (χ4n) is 3.14. The Balaban J connectivity index is 1.83. The average Bonchev–Trinajstić information content (AvgIpc) is 2.64. The molecule has 25 heavy (non-hydrogen) atoms. The first-order valence-electron chi connectivity index (χ1n) is 8.37. The monoisotopic (exact) mass is 340 g/mol. The van der Waals surface area contributed by atoms with Crippen LogP contribution in [0.15, 0.2) is 48.5 Å². The van der Waals surface area contributed by atoms with Crippen molar-refractivity contribution >= 4 is 17.2 Å². The molecule has 0 atom stereocenters. The molecule has 0 bridgehead atoms. The minimum Gasteiger partial charge on any atom is -0.393 e. The van der Waals surface area contributed by atoms with Gasteiger partial charge in [0.15, 0.2) is 5.78 Å². The number of anilines is 1. The van der Waals surface area contributed by atoms with Gasteiger partial charge in [0.1, 0.15) is 5.69 Å². The molecule has 0 saturated heterocycles. The first kappa shape index (κ1) is 17.1. The number of hydrogen-bond donors (Lipinski definition) is 2. The second-order valence-corrected chi connectivity index (χ2v) is 6.33. The van der Waals surface area contributed by atoms with E-state index in [4.69, 9.17) is 0 Å². The summed E-state index contributed by atoms with van der Waals surface area (Å²) in [5.41, 5.74) is 1.10. The number of nitrogens with one attached hydrogen (secondary N) is 1. The summed E-state index contributed by atoms with van der Waals surface area (Å²) in [7, 11) is 0. The molecule has 0 aromatic heterocycles. The Morgan fingerprint density at radius 2 is 1.72 bits per heavy atom. The molecule has 0 radical (unpaired) electrons. The van der Waals surface area contributed by atoms with Gasteiger partial charge in [-0.3, -0.25) is 14.9 Å². The average molecular weight is 340 g/mol. The third-order valence-electron chi connectivity index (χ3n) is 4.55. The summed E-state index contributed by atoms with van der Waals surface area (Å²) >= 11 is 0. The predicted molar refractivity (Wildman–Crippen MR) is 94.9 cm³/mol. The number of aliphatic hydroxyl groups is 1. The number of nitrogens with zero attached hydrogens (tertiary/aromatic N) is 1. The van der Waals surface area contributed by atoms with Crippen LogP contribution in [0.25, 0.3) is 0 Å². The fourth-order valence-corrected chi connectivity index (χ4v) is 3.14. The molecule has 0 aliphatic heterocycles. The first-order chi connectivity index (χ1) is 12.0. The molecule has 2 aromatic rings. The van der Waals surface area contributed by atoms with E-state index in [2.05, 4.69) is 5.32 Å². The Morgan fingerprint density at radius 1 is 1.04 bits per heavy atom. The summed E-state index contributed by atoms with van der Waals surface area (Å²) in [6, 6.07) is 13.3.